The average Bonchev–Trinajstić information content (AvgIpc) is 2.18. The van der Waals surface area contributed by atoms with Crippen LogP contribution in [-0.4, -0.2) is 23.8 Å². The molecule has 0 amide bonds. The Bertz CT molecular complexity index is 238. The van der Waals surface area contributed by atoms with E-state index in [0.29, 0.717) is 25.0 Å². The summed E-state index contributed by atoms with van der Waals surface area (Å²) in [6.45, 7) is 2.58. The number of carbonyl (C=O) groups is 1. The fourth-order valence-corrected chi connectivity index (χ4v) is 1.71. The van der Waals surface area contributed by atoms with Crippen LogP contribution in [0.4, 0.5) is 4.39 Å². The summed E-state index contributed by atoms with van der Waals surface area (Å²) in [4.78, 5) is 10.3. The lowest BCUT2D eigenvalue weighted by Gasteiger charge is -2.23. The summed E-state index contributed by atoms with van der Waals surface area (Å²) in [7, 11) is 0. The number of halogens is 1. The van der Waals surface area contributed by atoms with Gasteiger partial charge in [0.1, 0.15) is 0 Å². The minimum Gasteiger partial charge on any atom is -0.476 e. The molecule has 14 heavy (non-hydrogen) atoms. The van der Waals surface area contributed by atoms with Crippen LogP contribution in [0.1, 0.15) is 32.6 Å². The molecule has 0 unspecified atom stereocenters. The number of carboxylic acid groups (broad SMARTS) is 1. The van der Waals surface area contributed by atoms with Gasteiger partial charge in [-0.1, -0.05) is 0 Å². The zero-order valence-corrected chi connectivity index (χ0v) is 8.25. The number of ether oxygens (including phenoxy) is 1. The third-order valence-corrected chi connectivity index (χ3v) is 2.44. The number of carboxylic acids is 1. The van der Waals surface area contributed by atoms with Gasteiger partial charge in [-0.15, -0.1) is 0 Å². The van der Waals surface area contributed by atoms with Crippen molar-refractivity contribution in [2.45, 2.75) is 38.7 Å². The van der Waals surface area contributed by atoms with Gasteiger partial charge in [0.25, 0.3) is 0 Å². The van der Waals surface area contributed by atoms with Crippen LogP contribution in [0.15, 0.2) is 11.4 Å². The highest BCUT2D eigenvalue weighted by atomic mass is 19.1. The van der Waals surface area contributed by atoms with Gasteiger partial charge in [-0.2, -0.15) is 4.39 Å². The molecule has 0 aromatic heterocycles. The van der Waals surface area contributed by atoms with Gasteiger partial charge in [0.2, 0.25) is 5.83 Å². The fourth-order valence-electron chi connectivity index (χ4n) is 1.71. The second-order valence-electron chi connectivity index (χ2n) is 3.38. The van der Waals surface area contributed by atoms with Crippen molar-refractivity contribution in [3.05, 3.63) is 11.4 Å². The third kappa shape index (κ3) is 2.80. The van der Waals surface area contributed by atoms with Gasteiger partial charge in [-0.05, 0) is 38.2 Å². The van der Waals surface area contributed by atoms with Crippen molar-refractivity contribution in [3.63, 3.8) is 0 Å². The lowest BCUT2D eigenvalue weighted by atomic mass is 9.92. The minimum absolute atomic E-state index is 0.172. The summed E-state index contributed by atoms with van der Waals surface area (Å²) in [6.07, 6.45) is 2.63. The standard InChI is InChI=1S/C10H15FO3/c1-2-14-8-5-3-7(4-6-8)9(11)10(12)13/h8H,2-6H2,1H3,(H,12,13). The first kappa shape index (κ1) is 11.2. The highest BCUT2D eigenvalue weighted by Crippen LogP contribution is 2.28. The van der Waals surface area contributed by atoms with E-state index in [0.717, 1.165) is 12.8 Å². The van der Waals surface area contributed by atoms with E-state index in [-0.39, 0.29) is 6.10 Å². The van der Waals surface area contributed by atoms with Crippen molar-refractivity contribution >= 4 is 5.97 Å². The van der Waals surface area contributed by atoms with E-state index in [1.165, 1.54) is 0 Å². The minimum atomic E-state index is -1.45. The molecule has 1 N–H and O–H groups in total. The second-order valence-corrected chi connectivity index (χ2v) is 3.38. The Balaban J connectivity index is 2.50. The second kappa shape index (κ2) is 5.10. The molecular weight excluding hydrogens is 187 g/mol. The van der Waals surface area contributed by atoms with E-state index in [4.69, 9.17) is 9.84 Å². The molecule has 1 saturated carbocycles. The van der Waals surface area contributed by atoms with Crippen molar-refractivity contribution in [2.75, 3.05) is 6.61 Å². The Morgan fingerprint density at radius 2 is 2.14 bits per heavy atom. The number of allylic oxidation sites excluding steroid dienone is 1. The van der Waals surface area contributed by atoms with Crippen LogP contribution in [-0.2, 0) is 9.53 Å². The topological polar surface area (TPSA) is 46.5 Å². The van der Waals surface area contributed by atoms with E-state index in [1.54, 1.807) is 0 Å². The molecule has 0 aromatic carbocycles. The van der Waals surface area contributed by atoms with E-state index in [1.807, 2.05) is 6.92 Å². The number of aliphatic carboxylic acids is 1. The number of hydrogen-bond acceptors (Lipinski definition) is 2. The van der Waals surface area contributed by atoms with Crippen LogP contribution in [0.2, 0.25) is 0 Å². The molecule has 0 bridgehead atoms. The predicted molar refractivity (Wildman–Crippen MR) is 49.7 cm³/mol. The van der Waals surface area contributed by atoms with Crippen LogP contribution in [0.3, 0.4) is 0 Å². The normalized spacial score (nSPS) is 22.1. The van der Waals surface area contributed by atoms with E-state index >= 15 is 0 Å². The summed E-state index contributed by atoms with van der Waals surface area (Å²) in [5.41, 5.74) is 0.424. The molecule has 0 atom stereocenters. The van der Waals surface area contributed by atoms with E-state index in [9.17, 15) is 9.18 Å². The van der Waals surface area contributed by atoms with E-state index in [2.05, 4.69) is 0 Å². The molecule has 3 nitrogen and oxygen atoms in total. The Morgan fingerprint density at radius 3 is 2.57 bits per heavy atom. The van der Waals surface area contributed by atoms with Gasteiger partial charge in [0.05, 0.1) is 6.10 Å². The Kier molecular flexibility index (Phi) is 4.07. The van der Waals surface area contributed by atoms with Gasteiger partial charge in [-0.3, -0.25) is 0 Å². The molecule has 80 valence electrons. The molecule has 0 heterocycles. The predicted octanol–water partition coefficient (Wildman–Crippen LogP) is 2.27. The van der Waals surface area contributed by atoms with Crippen molar-refractivity contribution in [1.29, 1.82) is 0 Å². The SMILES string of the molecule is CCOC1CCC(=C(F)C(=O)O)CC1. The maximum atomic E-state index is 13.0. The first-order valence-electron chi connectivity index (χ1n) is 4.87. The van der Waals surface area contributed by atoms with Gasteiger partial charge >= 0.3 is 5.97 Å². The highest BCUT2D eigenvalue weighted by Gasteiger charge is 2.21. The summed E-state index contributed by atoms with van der Waals surface area (Å²) in [6, 6.07) is 0. The quantitative estimate of drug-likeness (QED) is 0.714. The molecule has 0 radical (unpaired) electrons. The lowest BCUT2D eigenvalue weighted by Crippen LogP contribution is -2.18. The van der Waals surface area contributed by atoms with Gasteiger partial charge < -0.3 is 9.84 Å². The first-order chi connectivity index (χ1) is 6.65. The maximum absolute atomic E-state index is 13.0. The van der Waals surface area contributed by atoms with Crippen LogP contribution < -0.4 is 0 Å². The molecular formula is C10H15FO3. The summed E-state index contributed by atoms with van der Waals surface area (Å²) in [5.74, 6) is -2.42. The Morgan fingerprint density at radius 1 is 1.57 bits per heavy atom. The molecule has 0 aromatic rings. The highest BCUT2D eigenvalue weighted by molar-refractivity contribution is 5.84. The summed E-state index contributed by atoms with van der Waals surface area (Å²) in [5, 5.41) is 8.44. The molecule has 4 heteroatoms. The van der Waals surface area contributed by atoms with Crippen molar-refractivity contribution in [1.82, 2.24) is 0 Å². The Hall–Kier alpha value is -0.900. The average molecular weight is 202 g/mol. The largest absolute Gasteiger partial charge is 0.476 e. The van der Waals surface area contributed by atoms with Crippen LogP contribution in [0.5, 0.6) is 0 Å². The first-order valence-corrected chi connectivity index (χ1v) is 4.87. The van der Waals surface area contributed by atoms with Gasteiger partial charge in [0.15, 0.2) is 0 Å². The smallest absolute Gasteiger partial charge is 0.364 e. The van der Waals surface area contributed by atoms with Crippen molar-refractivity contribution < 1.29 is 19.0 Å². The summed E-state index contributed by atoms with van der Waals surface area (Å²) < 4.78 is 18.3. The third-order valence-electron chi connectivity index (χ3n) is 2.44. The molecule has 1 rings (SSSR count). The van der Waals surface area contributed by atoms with Crippen LogP contribution in [0, 0.1) is 0 Å². The fraction of sp³-hybridized carbons (Fsp3) is 0.700. The van der Waals surface area contributed by atoms with Crippen LogP contribution >= 0.6 is 0 Å². The van der Waals surface area contributed by atoms with E-state index < -0.39 is 11.8 Å². The number of rotatable bonds is 3. The lowest BCUT2D eigenvalue weighted by molar-refractivity contribution is -0.134. The van der Waals surface area contributed by atoms with Crippen LogP contribution in [0.25, 0.3) is 0 Å². The monoisotopic (exact) mass is 202 g/mol. The summed E-state index contributed by atoms with van der Waals surface area (Å²) >= 11 is 0. The van der Waals surface area contributed by atoms with Crippen molar-refractivity contribution in [3.8, 4) is 0 Å². The Labute approximate surface area is 82.6 Å². The molecule has 1 fully saturated rings. The molecule has 0 spiro atoms. The zero-order valence-electron chi connectivity index (χ0n) is 8.25. The maximum Gasteiger partial charge on any atom is 0.364 e. The molecule has 0 aliphatic heterocycles. The molecule has 1 aliphatic rings. The molecule has 1 aliphatic carbocycles. The van der Waals surface area contributed by atoms with Gasteiger partial charge in [0, 0.05) is 6.61 Å². The molecule has 0 saturated heterocycles. The zero-order chi connectivity index (χ0) is 10.6. The van der Waals surface area contributed by atoms with Gasteiger partial charge in [-0.25, -0.2) is 4.79 Å². The number of hydrogen-bond donors (Lipinski definition) is 1. The van der Waals surface area contributed by atoms with Crippen molar-refractivity contribution in [2.24, 2.45) is 0 Å².